The van der Waals surface area contributed by atoms with E-state index in [0.29, 0.717) is 0 Å². The van der Waals surface area contributed by atoms with E-state index >= 15 is 0 Å². The summed E-state index contributed by atoms with van der Waals surface area (Å²) in [6.07, 6.45) is 0. The van der Waals surface area contributed by atoms with Gasteiger partial charge in [-0.2, -0.15) is 0 Å². The highest BCUT2D eigenvalue weighted by Gasteiger charge is 2.34. The number of halogens is 1. The van der Waals surface area contributed by atoms with Crippen molar-refractivity contribution in [1.29, 1.82) is 0 Å². The Hall–Kier alpha value is -1.62. The lowest BCUT2D eigenvalue weighted by Crippen LogP contribution is -2.56. The van der Waals surface area contributed by atoms with Gasteiger partial charge in [-0.3, -0.25) is 10.1 Å². The predicted octanol–water partition coefficient (Wildman–Crippen LogP) is 2.05. The molecule has 0 aromatic heterocycles. The standard InChI is InChI=1S/C13H18FNO3/c1-9(2)15-13(3,12(16)17)8-18-11-7-5-4-6-10(11)14/h4-7,9,15H,8H2,1-3H3,(H,16,17). The third-order valence-corrected chi connectivity index (χ3v) is 2.43. The molecule has 1 aromatic rings. The zero-order valence-corrected chi connectivity index (χ0v) is 10.7. The van der Waals surface area contributed by atoms with Crippen molar-refractivity contribution in [3.05, 3.63) is 30.1 Å². The predicted molar refractivity (Wildman–Crippen MR) is 66.2 cm³/mol. The lowest BCUT2D eigenvalue weighted by Gasteiger charge is -2.28. The number of rotatable bonds is 6. The second-order valence-corrected chi connectivity index (χ2v) is 4.66. The maximum atomic E-state index is 13.3. The van der Waals surface area contributed by atoms with Crippen LogP contribution in [-0.4, -0.2) is 29.3 Å². The Morgan fingerprint density at radius 2 is 2.11 bits per heavy atom. The van der Waals surface area contributed by atoms with Crippen molar-refractivity contribution >= 4 is 5.97 Å². The number of carboxylic acids is 1. The Morgan fingerprint density at radius 1 is 1.50 bits per heavy atom. The van der Waals surface area contributed by atoms with Crippen LogP contribution >= 0.6 is 0 Å². The summed E-state index contributed by atoms with van der Waals surface area (Å²) < 4.78 is 18.6. The highest BCUT2D eigenvalue weighted by atomic mass is 19.1. The van der Waals surface area contributed by atoms with E-state index in [-0.39, 0.29) is 18.4 Å². The van der Waals surface area contributed by atoms with Crippen molar-refractivity contribution < 1.29 is 19.0 Å². The van der Waals surface area contributed by atoms with E-state index in [0.717, 1.165) is 0 Å². The van der Waals surface area contributed by atoms with Crippen LogP contribution in [0.2, 0.25) is 0 Å². The van der Waals surface area contributed by atoms with Gasteiger partial charge in [-0.15, -0.1) is 0 Å². The van der Waals surface area contributed by atoms with E-state index in [4.69, 9.17) is 4.74 Å². The average Bonchev–Trinajstić information content (AvgIpc) is 2.27. The molecule has 0 spiro atoms. The molecular formula is C13H18FNO3. The van der Waals surface area contributed by atoms with Crippen molar-refractivity contribution in [2.24, 2.45) is 0 Å². The summed E-state index contributed by atoms with van der Waals surface area (Å²) in [6, 6.07) is 5.89. The molecule has 0 heterocycles. The molecule has 0 bridgehead atoms. The summed E-state index contributed by atoms with van der Waals surface area (Å²) in [5.41, 5.74) is -1.25. The first kappa shape index (κ1) is 14.4. The molecule has 0 radical (unpaired) electrons. The van der Waals surface area contributed by atoms with E-state index < -0.39 is 17.3 Å². The van der Waals surface area contributed by atoms with Gasteiger partial charge in [-0.1, -0.05) is 12.1 Å². The van der Waals surface area contributed by atoms with Crippen molar-refractivity contribution in [3.8, 4) is 5.75 Å². The molecule has 0 aliphatic heterocycles. The number of hydrogen-bond donors (Lipinski definition) is 2. The molecule has 0 aliphatic carbocycles. The van der Waals surface area contributed by atoms with Gasteiger partial charge in [0.2, 0.25) is 0 Å². The summed E-state index contributed by atoms with van der Waals surface area (Å²) in [5, 5.41) is 12.1. The molecule has 1 unspecified atom stereocenters. The molecule has 0 aliphatic rings. The fourth-order valence-electron chi connectivity index (χ4n) is 1.59. The number of ether oxygens (including phenoxy) is 1. The summed E-state index contributed by atoms with van der Waals surface area (Å²) in [6.45, 7) is 5.03. The van der Waals surface area contributed by atoms with Gasteiger partial charge in [0, 0.05) is 6.04 Å². The summed E-state index contributed by atoms with van der Waals surface area (Å²) >= 11 is 0. The second kappa shape index (κ2) is 5.82. The number of benzene rings is 1. The molecule has 1 rings (SSSR count). The lowest BCUT2D eigenvalue weighted by molar-refractivity contribution is -0.145. The largest absolute Gasteiger partial charge is 0.488 e. The van der Waals surface area contributed by atoms with Crippen LogP contribution in [0, 0.1) is 5.82 Å². The highest BCUT2D eigenvalue weighted by Crippen LogP contribution is 2.17. The minimum absolute atomic E-state index is 0.0182. The van der Waals surface area contributed by atoms with Crippen LogP contribution in [0.15, 0.2) is 24.3 Å². The first-order chi connectivity index (χ1) is 8.35. The van der Waals surface area contributed by atoms with Crippen molar-refractivity contribution in [1.82, 2.24) is 5.32 Å². The average molecular weight is 255 g/mol. The van der Waals surface area contributed by atoms with Crippen LogP contribution in [0.5, 0.6) is 5.75 Å². The maximum absolute atomic E-state index is 13.3. The van der Waals surface area contributed by atoms with E-state index in [9.17, 15) is 14.3 Å². The fourth-order valence-corrected chi connectivity index (χ4v) is 1.59. The molecule has 5 heteroatoms. The van der Waals surface area contributed by atoms with Gasteiger partial charge in [-0.05, 0) is 32.9 Å². The quantitative estimate of drug-likeness (QED) is 0.816. The first-order valence-corrected chi connectivity index (χ1v) is 5.73. The van der Waals surface area contributed by atoms with Gasteiger partial charge in [0.15, 0.2) is 11.6 Å². The van der Waals surface area contributed by atoms with Gasteiger partial charge in [-0.25, -0.2) is 4.39 Å². The smallest absolute Gasteiger partial charge is 0.327 e. The molecule has 100 valence electrons. The SMILES string of the molecule is CC(C)NC(C)(COc1ccccc1F)C(=O)O. The summed E-state index contributed by atoms with van der Waals surface area (Å²) in [5.74, 6) is -1.49. The molecule has 0 fully saturated rings. The first-order valence-electron chi connectivity index (χ1n) is 5.73. The Morgan fingerprint density at radius 3 is 2.61 bits per heavy atom. The number of nitrogens with one attached hydrogen (secondary N) is 1. The number of carboxylic acid groups (broad SMARTS) is 1. The summed E-state index contributed by atoms with van der Waals surface area (Å²) in [7, 11) is 0. The van der Waals surface area contributed by atoms with Crippen LogP contribution in [0.4, 0.5) is 4.39 Å². The molecule has 18 heavy (non-hydrogen) atoms. The fraction of sp³-hybridized carbons (Fsp3) is 0.462. The molecule has 0 amide bonds. The van der Waals surface area contributed by atoms with Crippen LogP contribution in [-0.2, 0) is 4.79 Å². The second-order valence-electron chi connectivity index (χ2n) is 4.66. The number of para-hydroxylation sites is 1. The Kier molecular flexibility index (Phi) is 4.67. The molecule has 0 saturated carbocycles. The van der Waals surface area contributed by atoms with E-state index in [2.05, 4.69) is 5.32 Å². The third-order valence-electron chi connectivity index (χ3n) is 2.43. The van der Waals surface area contributed by atoms with Gasteiger partial charge in [0.1, 0.15) is 12.1 Å². The van der Waals surface area contributed by atoms with Gasteiger partial charge in [0.25, 0.3) is 0 Å². The molecule has 4 nitrogen and oxygen atoms in total. The zero-order valence-electron chi connectivity index (χ0n) is 10.7. The van der Waals surface area contributed by atoms with Crippen LogP contribution < -0.4 is 10.1 Å². The van der Waals surface area contributed by atoms with Crippen LogP contribution in [0.1, 0.15) is 20.8 Å². The molecule has 2 N–H and O–H groups in total. The van der Waals surface area contributed by atoms with E-state index in [1.54, 1.807) is 12.1 Å². The summed E-state index contributed by atoms with van der Waals surface area (Å²) in [4.78, 5) is 11.2. The van der Waals surface area contributed by atoms with Crippen molar-refractivity contribution in [3.63, 3.8) is 0 Å². The normalized spacial score (nSPS) is 14.3. The third kappa shape index (κ3) is 3.70. The Bertz CT molecular complexity index is 422. The monoisotopic (exact) mass is 255 g/mol. The molecule has 1 atom stereocenters. The molecule has 0 saturated heterocycles. The number of hydrogen-bond acceptors (Lipinski definition) is 3. The molecular weight excluding hydrogens is 237 g/mol. The van der Waals surface area contributed by atoms with Crippen molar-refractivity contribution in [2.45, 2.75) is 32.4 Å². The van der Waals surface area contributed by atoms with Gasteiger partial charge < -0.3 is 9.84 Å². The lowest BCUT2D eigenvalue weighted by atomic mass is 10.0. The van der Waals surface area contributed by atoms with Crippen LogP contribution in [0.25, 0.3) is 0 Å². The minimum Gasteiger partial charge on any atom is -0.488 e. The molecule has 1 aromatic carbocycles. The zero-order chi connectivity index (χ0) is 13.8. The number of carbonyl (C=O) groups is 1. The van der Waals surface area contributed by atoms with Crippen LogP contribution in [0.3, 0.4) is 0 Å². The highest BCUT2D eigenvalue weighted by molar-refractivity contribution is 5.78. The topological polar surface area (TPSA) is 58.6 Å². The van der Waals surface area contributed by atoms with E-state index in [1.807, 2.05) is 13.8 Å². The maximum Gasteiger partial charge on any atom is 0.327 e. The number of aliphatic carboxylic acids is 1. The van der Waals surface area contributed by atoms with Crippen molar-refractivity contribution in [2.75, 3.05) is 6.61 Å². The Balaban J connectivity index is 2.75. The Labute approximate surface area is 106 Å². The minimum atomic E-state index is -1.25. The van der Waals surface area contributed by atoms with Gasteiger partial charge >= 0.3 is 5.97 Å². The van der Waals surface area contributed by atoms with E-state index in [1.165, 1.54) is 19.1 Å². The van der Waals surface area contributed by atoms with Gasteiger partial charge in [0.05, 0.1) is 0 Å².